The molecule has 0 spiro atoms. The molecular formula is C5H4O4S. The number of thiocarbonyl (C=S) groups is 1. The summed E-state index contributed by atoms with van der Waals surface area (Å²) in [6, 6.07) is 0. The SMILES string of the molecule is C=CC(=O)C(=O)OOC=S. The van der Waals surface area contributed by atoms with Gasteiger partial charge >= 0.3 is 5.97 Å². The predicted octanol–water partition coefficient (Wildman–Crippen LogP) is 0.173. The van der Waals surface area contributed by atoms with Crippen LogP contribution in [0.3, 0.4) is 0 Å². The number of ketones is 1. The summed E-state index contributed by atoms with van der Waals surface area (Å²) < 4.78 is 0. The molecule has 0 unspecified atom stereocenters. The van der Waals surface area contributed by atoms with Crippen molar-refractivity contribution in [1.29, 1.82) is 0 Å². The quantitative estimate of drug-likeness (QED) is 0.193. The Morgan fingerprint density at radius 2 is 2.10 bits per heavy atom. The highest BCUT2D eigenvalue weighted by Crippen LogP contribution is 1.81. The molecule has 0 aromatic carbocycles. The van der Waals surface area contributed by atoms with Crippen LogP contribution in [0, 0.1) is 0 Å². The highest BCUT2D eigenvalue weighted by Gasteiger charge is 2.11. The first-order chi connectivity index (χ1) is 4.72. The molecule has 0 saturated carbocycles. The Bertz CT molecular complexity index is 174. The maximum Gasteiger partial charge on any atom is 0.425 e. The van der Waals surface area contributed by atoms with E-state index >= 15 is 0 Å². The van der Waals surface area contributed by atoms with Crippen LogP contribution in [0.2, 0.25) is 0 Å². The minimum atomic E-state index is -1.14. The lowest BCUT2D eigenvalue weighted by atomic mass is 10.4. The van der Waals surface area contributed by atoms with Crippen LogP contribution in [-0.2, 0) is 19.4 Å². The fourth-order valence-electron chi connectivity index (χ4n) is 0.188. The molecule has 10 heavy (non-hydrogen) atoms. The predicted molar refractivity (Wildman–Crippen MR) is 36.0 cm³/mol. The molecule has 0 aliphatic rings. The second kappa shape index (κ2) is 4.63. The van der Waals surface area contributed by atoms with Crippen LogP contribution < -0.4 is 0 Å². The lowest BCUT2D eigenvalue weighted by Gasteiger charge is -1.93. The molecule has 0 amide bonds. The third-order valence-corrected chi connectivity index (χ3v) is 0.628. The molecule has 0 aliphatic carbocycles. The number of carbonyl (C=O) groups excluding carboxylic acids is 2. The number of carbonyl (C=O) groups is 2. The van der Waals surface area contributed by atoms with Gasteiger partial charge in [-0.25, -0.2) is 9.68 Å². The molecule has 0 aromatic rings. The van der Waals surface area contributed by atoms with Crippen LogP contribution >= 0.6 is 12.2 Å². The fraction of sp³-hybridized carbons (Fsp3) is 0. The number of rotatable bonds is 4. The van der Waals surface area contributed by atoms with Gasteiger partial charge < -0.3 is 0 Å². The van der Waals surface area contributed by atoms with E-state index in [0.717, 1.165) is 6.08 Å². The molecule has 0 fully saturated rings. The Morgan fingerprint density at radius 3 is 2.50 bits per heavy atom. The molecule has 0 aromatic heterocycles. The first-order valence-electron chi connectivity index (χ1n) is 2.20. The van der Waals surface area contributed by atoms with E-state index < -0.39 is 11.8 Å². The van der Waals surface area contributed by atoms with Gasteiger partial charge in [0, 0.05) is 0 Å². The van der Waals surface area contributed by atoms with Crippen molar-refractivity contribution in [2.24, 2.45) is 0 Å². The molecule has 54 valence electrons. The van der Waals surface area contributed by atoms with Crippen molar-refractivity contribution in [1.82, 2.24) is 0 Å². The van der Waals surface area contributed by atoms with E-state index in [-0.39, 0.29) is 0 Å². The van der Waals surface area contributed by atoms with E-state index in [1.807, 2.05) is 0 Å². The molecule has 0 rings (SSSR count). The summed E-state index contributed by atoms with van der Waals surface area (Å²) in [5, 5.41) is 0. The van der Waals surface area contributed by atoms with E-state index in [0.29, 0.717) is 5.55 Å². The maximum atomic E-state index is 10.3. The lowest BCUT2D eigenvalue weighted by Crippen LogP contribution is -2.14. The van der Waals surface area contributed by atoms with E-state index in [1.54, 1.807) is 0 Å². The zero-order valence-corrected chi connectivity index (χ0v) is 5.72. The summed E-state index contributed by atoms with van der Waals surface area (Å²) in [6.45, 7) is 3.05. The van der Waals surface area contributed by atoms with Crippen molar-refractivity contribution in [3.8, 4) is 0 Å². The zero-order chi connectivity index (χ0) is 7.98. The van der Waals surface area contributed by atoms with Gasteiger partial charge in [-0.1, -0.05) is 6.58 Å². The third kappa shape index (κ3) is 2.93. The van der Waals surface area contributed by atoms with Gasteiger partial charge in [-0.3, -0.25) is 9.68 Å². The third-order valence-electron chi connectivity index (χ3n) is 0.550. The molecule has 0 heterocycles. The van der Waals surface area contributed by atoms with E-state index in [4.69, 9.17) is 0 Å². The molecule has 4 nitrogen and oxygen atoms in total. The van der Waals surface area contributed by atoms with Crippen molar-refractivity contribution in [3.05, 3.63) is 12.7 Å². The average molecular weight is 160 g/mol. The Balaban J connectivity index is 3.73. The second-order valence-corrected chi connectivity index (χ2v) is 1.32. The van der Waals surface area contributed by atoms with Gasteiger partial charge in [0.15, 0.2) is 0 Å². The van der Waals surface area contributed by atoms with Gasteiger partial charge in [0.1, 0.15) is 0 Å². The first-order valence-corrected chi connectivity index (χ1v) is 2.67. The van der Waals surface area contributed by atoms with Crippen molar-refractivity contribution < 1.29 is 19.4 Å². The summed E-state index contributed by atoms with van der Waals surface area (Å²) in [7, 11) is 0. The molecule has 0 saturated heterocycles. The normalized spacial score (nSPS) is 7.60. The minimum absolute atomic E-state index is 0.717. The van der Waals surface area contributed by atoms with Crippen molar-refractivity contribution in [3.63, 3.8) is 0 Å². The Hall–Kier alpha value is -1.23. The Morgan fingerprint density at radius 1 is 1.50 bits per heavy atom. The van der Waals surface area contributed by atoms with Crippen LogP contribution in [0.4, 0.5) is 0 Å². The molecule has 5 heteroatoms. The van der Waals surface area contributed by atoms with Crippen molar-refractivity contribution >= 4 is 29.5 Å². The van der Waals surface area contributed by atoms with Crippen LogP contribution in [-0.4, -0.2) is 17.3 Å². The van der Waals surface area contributed by atoms with Crippen LogP contribution in [0.25, 0.3) is 0 Å². The molecule has 0 N–H and O–H groups in total. The fourth-order valence-corrected chi connectivity index (χ4v) is 0.227. The van der Waals surface area contributed by atoms with Gasteiger partial charge in [0.05, 0.1) is 0 Å². The molecule has 0 aliphatic heterocycles. The van der Waals surface area contributed by atoms with Gasteiger partial charge in [-0.2, -0.15) is 0 Å². The van der Waals surface area contributed by atoms with Gasteiger partial charge in [-0.15, -0.1) is 0 Å². The number of hydrogen-bond donors (Lipinski definition) is 0. The smallest absolute Gasteiger partial charge is 0.283 e. The highest BCUT2D eigenvalue weighted by molar-refractivity contribution is 7.78. The summed E-state index contributed by atoms with van der Waals surface area (Å²) in [6.07, 6.45) is 0.815. The lowest BCUT2D eigenvalue weighted by molar-refractivity contribution is -0.215. The van der Waals surface area contributed by atoms with Crippen LogP contribution in [0.1, 0.15) is 0 Å². The second-order valence-electron chi connectivity index (χ2n) is 1.13. The number of hydrogen-bond acceptors (Lipinski definition) is 5. The van der Waals surface area contributed by atoms with E-state index in [2.05, 4.69) is 28.6 Å². The van der Waals surface area contributed by atoms with E-state index in [1.165, 1.54) is 0 Å². The van der Waals surface area contributed by atoms with Crippen molar-refractivity contribution in [2.45, 2.75) is 0 Å². The maximum absolute atomic E-state index is 10.3. The van der Waals surface area contributed by atoms with E-state index in [9.17, 15) is 9.59 Å². The highest BCUT2D eigenvalue weighted by atomic mass is 32.1. The standard InChI is InChI=1S/C5H4O4S/c1-2-4(6)5(7)9-8-3-10/h2-3H,1H2. The topological polar surface area (TPSA) is 52.6 Å². The zero-order valence-electron chi connectivity index (χ0n) is 4.90. The average Bonchev–Trinajstić information content (AvgIpc) is 1.98. The monoisotopic (exact) mass is 160 g/mol. The molecule has 0 bridgehead atoms. The molecule has 0 atom stereocenters. The van der Waals surface area contributed by atoms with Gasteiger partial charge in [0.25, 0.3) is 5.78 Å². The molecule has 0 radical (unpaired) electrons. The van der Waals surface area contributed by atoms with Gasteiger partial charge in [-0.05, 0) is 18.3 Å². The Labute approximate surface area is 62.3 Å². The summed E-state index contributed by atoms with van der Waals surface area (Å²) in [5.74, 6) is -2.02. The van der Waals surface area contributed by atoms with Crippen molar-refractivity contribution in [2.75, 3.05) is 0 Å². The summed E-state index contributed by atoms with van der Waals surface area (Å²) in [5.41, 5.74) is 0.717. The van der Waals surface area contributed by atoms with Crippen LogP contribution in [0.5, 0.6) is 0 Å². The summed E-state index contributed by atoms with van der Waals surface area (Å²) >= 11 is 4.13. The molecular weight excluding hydrogens is 156 g/mol. The summed E-state index contributed by atoms with van der Waals surface area (Å²) in [4.78, 5) is 28.3. The largest absolute Gasteiger partial charge is 0.425 e. The van der Waals surface area contributed by atoms with Crippen LogP contribution in [0.15, 0.2) is 12.7 Å². The Kier molecular flexibility index (Phi) is 4.06. The first kappa shape index (κ1) is 8.77. The van der Waals surface area contributed by atoms with Gasteiger partial charge in [0.2, 0.25) is 5.55 Å². The minimum Gasteiger partial charge on any atom is -0.283 e.